The van der Waals surface area contributed by atoms with Gasteiger partial charge >= 0.3 is 0 Å². The van der Waals surface area contributed by atoms with Crippen molar-refractivity contribution in [3.05, 3.63) is 34.5 Å². The summed E-state index contributed by atoms with van der Waals surface area (Å²) in [4.78, 5) is 0. The number of hydrogen-bond acceptors (Lipinski definition) is 1. The lowest BCUT2D eigenvalue weighted by molar-refractivity contribution is 0.587. The van der Waals surface area contributed by atoms with E-state index in [2.05, 4.69) is 49.7 Å². The van der Waals surface area contributed by atoms with Gasteiger partial charge < -0.3 is 9.88 Å². The quantitative estimate of drug-likeness (QED) is 0.886. The molecule has 1 N–H and O–H groups in total. The summed E-state index contributed by atoms with van der Waals surface area (Å²) >= 11 is 0. The molecule has 1 aliphatic rings. The maximum absolute atomic E-state index is 3.53. The van der Waals surface area contributed by atoms with Crippen LogP contribution in [0, 0.1) is 13.8 Å². The summed E-state index contributed by atoms with van der Waals surface area (Å²) in [5, 5.41) is 5.00. The van der Waals surface area contributed by atoms with Gasteiger partial charge in [-0.25, -0.2) is 0 Å². The van der Waals surface area contributed by atoms with Gasteiger partial charge in [0.25, 0.3) is 0 Å². The fourth-order valence-corrected chi connectivity index (χ4v) is 3.25. The second-order valence-electron chi connectivity index (χ2n) is 6.15. The molecule has 0 spiro atoms. The number of benzene rings is 1. The third-order valence-corrected chi connectivity index (χ3v) is 4.41. The van der Waals surface area contributed by atoms with Gasteiger partial charge in [0.05, 0.1) is 5.52 Å². The molecule has 0 fully saturated rings. The third kappa shape index (κ3) is 2.08. The lowest BCUT2D eigenvalue weighted by atomic mass is 9.99. The van der Waals surface area contributed by atoms with E-state index in [4.69, 9.17) is 0 Å². The van der Waals surface area contributed by atoms with Crippen LogP contribution in [0.3, 0.4) is 0 Å². The summed E-state index contributed by atoms with van der Waals surface area (Å²) in [6.45, 7) is 11.1. The van der Waals surface area contributed by atoms with Crippen LogP contribution in [0.25, 0.3) is 10.9 Å². The van der Waals surface area contributed by atoms with Gasteiger partial charge in [-0.1, -0.05) is 19.9 Å². The number of rotatable bonds is 3. The van der Waals surface area contributed by atoms with Gasteiger partial charge in [0.15, 0.2) is 0 Å². The Hall–Kier alpha value is -1.28. The Bertz CT molecular complexity index is 620. The van der Waals surface area contributed by atoms with Gasteiger partial charge in [-0.2, -0.15) is 0 Å². The molecule has 0 saturated heterocycles. The van der Waals surface area contributed by atoms with Gasteiger partial charge in [-0.15, -0.1) is 0 Å². The SMILES string of the molecule is Cc1c(C)n2c3c(cc(CNC(C)C)cc13)CCC2. The molecule has 0 aliphatic carbocycles. The van der Waals surface area contributed by atoms with E-state index in [1.807, 2.05) is 0 Å². The van der Waals surface area contributed by atoms with Crippen molar-refractivity contribution in [1.82, 2.24) is 9.88 Å². The molecule has 0 amide bonds. The van der Waals surface area contributed by atoms with Crippen molar-refractivity contribution in [3.8, 4) is 0 Å². The highest BCUT2D eigenvalue weighted by Gasteiger charge is 2.18. The van der Waals surface area contributed by atoms with Crippen LogP contribution in [0.2, 0.25) is 0 Å². The molecular formula is C17H24N2. The van der Waals surface area contributed by atoms with Crippen molar-refractivity contribution < 1.29 is 0 Å². The summed E-state index contributed by atoms with van der Waals surface area (Å²) < 4.78 is 2.52. The van der Waals surface area contributed by atoms with Crippen molar-refractivity contribution in [2.24, 2.45) is 0 Å². The maximum atomic E-state index is 3.53. The van der Waals surface area contributed by atoms with Gasteiger partial charge in [0, 0.05) is 30.2 Å². The first-order chi connectivity index (χ1) is 9.08. The van der Waals surface area contributed by atoms with Crippen LogP contribution in [0.5, 0.6) is 0 Å². The van der Waals surface area contributed by atoms with Crippen LogP contribution in [0.4, 0.5) is 0 Å². The predicted octanol–water partition coefficient (Wildman–Crippen LogP) is 3.70. The van der Waals surface area contributed by atoms with Gasteiger partial charge in [-0.05, 0) is 49.4 Å². The Morgan fingerprint density at radius 3 is 2.79 bits per heavy atom. The Morgan fingerprint density at radius 1 is 1.26 bits per heavy atom. The minimum Gasteiger partial charge on any atom is -0.344 e. The summed E-state index contributed by atoms with van der Waals surface area (Å²) in [5.74, 6) is 0. The number of aryl methyl sites for hydroxylation is 3. The van der Waals surface area contributed by atoms with Crippen molar-refractivity contribution in [2.75, 3.05) is 0 Å². The molecule has 0 bridgehead atoms. The molecule has 0 radical (unpaired) electrons. The van der Waals surface area contributed by atoms with Gasteiger partial charge in [0.1, 0.15) is 0 Å². The Balaban J connectivity index is 2.12. The molecule has 0 atom stereocenters. The standard InChI is InChI=1S/C17H24N2/c1-11(2)18-10-14-8-15-6-5-7-19-13(4)12(3)16(9-14)17(15)19/h8-9,11,18H,5-7,10H2,1-4H3. The zero-order chi connectivity index (χ0) is 13.6. The molecule has 102 valence electrons. The number of nitrogens with zero attached hydrogens (tertiary/aromatic N) is 1. The van der Waals surface area contributed by atoms with E-state index in [-0.39, 0.29) is 0 Å². The molecule has 1 aliphatic heterocycles. The van der Waals surface area contributed by atoms with E-state index in [1.54, 1.807) is 5.56 Å². The molecule has 2 heteroatoms. The maximum Gasteiger partial charge on any atom is 0.0517 e. The Kier molecular flexibility index (Phi) is 3.14. The second-order valence-corrected chi connectivity index (χ2v) is 6.15. The number of nitrogens with one attached hydrogen (secondary N) is 1. The summed E-state index contributed by atoms with van der Waals surface area (Å²) in [6, 6.07) is 5.34. The zero-order valence-electron chi connectivity index (χ0n) is 12.5. The fourth-order valence-electron chi connectivity index (χ4n) is 3.25. The zero-order valence-corrected chi connectivity index (χ0v) is 12.5. The number of hydrogen-bond donors (Lipinski definition) is 1. The van der Waals surface area contributed by atoms with Crippen molar-refractivity contribution in [2.45, 2.75) is 59.7 Å². The molecule has 3 rings (SSSR count). The van der Waals surface area contributed by atoms with Crippen LogP contribution >= 0.6 is 0 Å². The lowest BCUT2D eigenvalue weighted by Gasteiger charge is -2.18. The molecule has 2 nitrogen and oxygen atoms in total. The minimum atomic E-state index is 0.541. The first-order valence-corrected chi connectivity index (χ1v) is 7.42. The van der Waals surface area contributed by atoms with E-state index < -0.39 is 0 Å². The molecule has 1 aromatic heterocycles. The van der Waals surface area contributed by atoms with Crippen LogP contribution in [-0.4, -0.2) is 10.6 Å². The van der Waals surface area contributed by atoms with Crippen molar-refractivity contribution >= 4 is 10.9 Å². The highest BCUT2D eigenvalue weighted by Crippen LogP contribution is 2.33. The van der Waals surface area contributed by atoms with E-state index in [0.29, 0.717) is 6.04 Å². The average molecular weight is 256 g/mol. The Labute approximate surface area is 115 Å². The highest BCUT2D eigenvalue weighted by molar-refractivity contribution is 5.89. The van der Waals surface area contributed by atoms with E-state index in [9.17, 15) is 0 Å². The van der Waals surface area contributed by atoms with Gasteiger partial charge in [0.2, 0.25) is 0 Å². The van der Waals surface area contributed by atoms with E-state index in [0.717, 1.165) is 6.54 Å². The molecule has 0 saturated carbocycles. The van der Waals surface area contributed by atoms with Crippen LogP contribution < -0.4 is 5.32 Å². The first-order valence-electron chi connectivity index (χ1n) is 7.42. The Morgan fingerprint density at radius 2 is 2.05 bits per heavy atom. The van der Waals surface area contributed by atoms with Crippen LogP contribution in [-0.2, 0) is 19.5 Å². The molecule has 2 aromatic rings. The predicted molar refractivity (Wildman–Crippen MR) is 81.7 cm³/mol. The highest BCUT2D eigenvalue weighted by atomic mass is 15.0. The smallest absolute Gasteiger partial charge is 0.0517 e. The average Bonchev–Trinajstić information content (AvgIpc) is 2.64. The molecule has 2 heterocycles. The largest absolute Gasteiger partial charge is 0.344 e. The van der Waals surface area contributed by atoms with Gasteiger partial charge in [-0.3, -0.25) is 0 Å². The molecule has 1 aromatic carbocycles. The van der Waals surface area contributed by atoms with Crippen LogP contribution in [0.1, 0.15) is 42.7 Å². The fraction of sp³-hybridized carbons (Fsp3) is 0.529. The summed E-state index contributed by atoms with van der Waals surface area (Å²) in [6.07, 6.45) is 2.51. The topological polar surface area (TPSA) is 17.0 Å². The summed E-state index contributed by atoms with van der Waals surface area (Å²) in [5.41, 5.74) is 7.38. The van der Waals surface area contributed by atoms with E-state index in [1.165, 1.54) is 47.1 Å². The first kappa shape index (κ1) is 12.7. The third-order valence-electron chi connectivity index (χ3n) is 4.41. The van der Waals surface area contributed by atoms with E-state index >= 15 is 0 Å². The molecule has 19 heavy (non-hydrogen) atoms. The monoisotopic (exact) mass is 256 g/mol. The normalized spacial score (nSPS) is 14.6. The van der Waals surface area contributed by atoms with Crippen LogP contribution in [0.15, 0.2) is 12.1 Å². The van der Waals surface area contributed by atoms with Crippen molar-refractivity contribution in [1.29, 1.82) is 0 Å². The minimum absolute atomic E-state index is 0.541. The summed E-state index contributed by atoms with van der Waals surface area (Å²) in [7, 11) is 0. The molecule has 0 unspecified atom stereocenters. The number of aromatic nitrogens is 1. The van der Waals surface area contributed by atoms with Crippen molar-refractivity contribution in [3.63, 3.8) is 0 Å². The molecular weight excluding hydrogens is 232 g/mol. The lowest BCUT2D eigenvalue weighted by Crippen LogP contribution is -2.22. The second kappa shape index (κ2) is 4.68.